The quantitative estimate of drug-likeness (QED) is 0.551. The number of hydrogen-bond acceptors (Lipinski definition) is 7. The molecule has 5 rings (SSSR count). The molecule has 0 bridgehead atoms. The van der Waals surface area contributed by atoms with Gasteiger partial charge >= 0.3 is 0 Å². The largest absolute Gasteiger partial charge is 0.448 e. The average molecular weight is 452 g/mol. The maximum absolute atomic E-state index is 12.6. The third-order valence-electron chi connectivity index (χ3n) is 5.74. The van der Waals surface area contributed by atoms with E-state index in [0.29, 0.717) is 23.1 Å². The van der Waals surface area contributed by atoms with Crippen LogP contribution in [0.3, 0.4) is 0 Å². The van der Waals surface area contributed by atoms with Crippen LogP contribution in [0.2, 0.25) is 0 Å². The minimum atomic E-state index is -0.518. The van der Waals surface area contributed by atoms with Gasteiger partial charge in [0, 0.05) is 49.1 Å². The van der Waals surface area contributed by atoms with E-state index in [1.807, 2.05) is 41.8 Å². The number of fused-ring (bicyclic) bond motifs is 1. The summed E-state index contributed by atoms with van der Waals surface area (Å²) in [6, 6.07) is 9.36. The van der Waals surface area contributed by atoms with Gasteiger partial charge in [-0.05, 0) is 44.0 Å². The number of nitrogens with one attached hydrogen (secondary N) is 1. The van der Waals surface area contributed by atoms with Gasteiger partial charge in [-0.15, -0.1) is 10.2 Å². The molecule has 0 unspecified atom stereocenters. The third-order valence-corrected chi connectivity index (χ3v) is 6.71. The van der Waals surface area contributed by atoms with Gasteiger partial charge < -0.3 is 19.4 Å². The Hall–Kier alpha value is -3.07. The van der Waals surface area contributed by atoms with Crippen LogP contribution in [0.25, 0.3) is 11.4 Å². The molecule has 1 aromatic carbocycles. The molecule has 1 N–H and O–H groups in total. The monoisotopic (exact) mass is 451 g/mol. The molecular weight excluding hydrogens is 426 g/mol. The molecule has 0 atom stereocenters. The Morgan fingerprint density at radius 1 is 1.09 bits per heavy atom. The van der Waals surface area contributed by atoms with Gasteiger partial charge in [-0.2, -0.15) is 0 Å². The van der Waals surface area contributed by atoms with Crippen molar-refractivity contribution in [2.45, 2.75) is 56.5 Å². The Morgan fingerprint density at radius 2 is 1.88 bits per heavy atom. The fraction of sp³-hybridized carbons (Fsp3) is 0.391. The van der Waals surface area contributed by atoms with Crippen molar-refractivity contribution in [3.8, 4) is 22.9 Å². The van der Waals surface area contributed by atoms with Crippen LogP contribution < -0.4 is 14.8 Å². The van der Waals surface area contributed by atoms with Crippen molar-refractivity contribution in [1.29, 1.82) is 0 Å². The van der Waals surface area contributed by atoms with Crippen molar-refractivity contribution in [3.05, 3.63) is 42.7 Å². The predicted octanol–water partition coefficient (Wildman–Crippen LogP) is 4.52. The van der Waals surface area contributed by atoms with Crippen molar-refractivity contribution in [2.24, 2.45) is 0 Å². The van der Waals surface area contributed by atoms with Crippen LogP contribution in [-0.2, 0) is 11.3 Å². The molecule has 1 aliphatic carbocycles. The van der Waals surface area contributed by atoms with E-state index in [1.54, 1.807) is 12.4 Å². The normalized spacial score (nSPS) is 16.3. The summed E-state index contributed by atoms with van der Waals surface area (Å²) in [7, 11) is 0. The maximum atomic E-state index is 12.6. The first-order valence-corrected chi connectivity index (χ1v) is 11.9. The predicted molar refractivity (Wildman–Crippen MR) is 122 cm³/mol. The fourth-order valence-electron chi connectivity index (χ4n) is 4.19. The average Bonchev–Trinajstić information content (AvgIpc) is 3.39. The van der Waals surface area contributed by atoms with Gasteiger partial charge in [0.25, 0.3) is 5.79 Å². The lowest BCUT2D eigenvalue weighted by Crippen LogP contribution is -2.40. The number of carbonyl (C=O) groups excluding carboxylic acids is 1. The molecule has 3 heterocycles. The van der Waals surface area contributed by atoms with Crippen LogP contribution in [0.15, 0.2) is 47.9 Å². The first-order chi connectivity index (χ1) is 15.7. The second-order valence-electron chi connectivity index (χ2n) is 7.96. The molecule has 1 saturated carbocycles. The van der Waals surface area contributed by atoms with E-state index < -0.39 is 5.79 Å². The van der Waals surface area contributed by atoms with Gasteiger partial charge in [0.2, 0.25) is 5.91 Å². The lowest BCUT2D eigenvalue weighted by Gasteiger charge is -2.31. The Morgan fingerprint density at radius 3 is 2.66 bits per heavy atom. The summed E-state index contributed by atoms with van der Waals surface area (Å²) >= 11 is 1.36. The lowest BCUT2D eigenvalue weighted by atomic mass is 9.94. The molecular formula is C23H25N5O3S. The zero-order chi connectivity index (χ0) is 22.0. The van der Waals surface area contributed by atoms with Gasteiger partial charge in [-0.1, -0.05) is 18.2 Å². The molecule has 1 spiro atoms. The lowest BCUT2D eigenvalue weighted by molar-refractivity contribution is -0.113. The van der Waals surface area contributed by atoms with Crippen molar-refractivity contribution < 1.29 is 14.3 Å². The molecule has 2 aromatic heterocycles. The number of nitrogens with zero attached hydrogens (tertiary/aromatic N) is 4. The molecule has 3 aromatic rings. The number of rotatable bonds is 6. The second kappa shape index (κ2) is 8.82. The van der Waals surface area contributed by atoms with Crippen LogP contribution in [0, 0.1) is 0 Å². The maximum Gasteiger partial charge on any atom is 0.251 e. The minimum absolute atomic E-state index is 0.114. The van der Waals surface area contributed by atoms with E-state index in [9.17, 15) is 4.79 Å². The molecule has 32 heavy (non-hydrogen) atoms. The smallest absolute Gasteiger partial charge is 0.251 e. The fourth-order valence-corrected chi connectivity index (χ4v) is 4.99. The standard InChI is InChI=1S/C23H25N5O3S/c1-2-28-21(16-8-12-24-13-9-16)26-27-22(28)32-15-20(29)25-17-6-7-18-19(14-17)31-23(30-18)10-4-3-5-11-23/h6-9,12-14H,2-5,10-11,15H2,1H3,(H,25,29). The Kier molecular flexibility index (Phi) is 5.73. The number of ether oxygens (including phenoxy) is 2. The van der Waals surface area contributed by atoms with Crippen LogP contribution >= 0.6 is 11.8 Å². The number of carbonyl (C=O) groups is 1. The van der Waals surface area contributed by atoms with Gasteiger partial charge in [-0.3, -0.25) is 9.78 Å². The number of pyridine rings is 1. The molecule has 8 nitrogen and oxygen atoms in total. The van der Waals surface area contributed by atoms with Gasteiger partial charge in [0.05, 0.1) is 5.75 Å². The number of amides is 1. The highest BCUT2D eigenvalue weighted by Gasteiger charge is 2.42. The highest BCUT2D eigenvalue weighted by atomic mass is 32.2. The van der Waals surface area contributed by atoms with Crippen LogP contribution in [0.4, 0.5) is 5.69 Å². The summed E-state index contributed by atoms with van der Waals surface area (Å²) in [4.78, 5) is 16.6. The van der Waals surface area contributed by atoms with E-state index in [2.05, 4.69) is 20.5 Å². The van der Waals surface area contributed by atoms with Gasteiger partial charge in [0.15, 0.2) is 22.5 Å². The van der Waals surface area contributed by atoms with Crippen LogP contribution in [0.5, 0.6) is 11.5 Å². The van der Waals surface area contributed by atoms with E-state index in [4.69, 9.17) is 9.47 Å². The number of anilines is 1. The number of thioether (sulfide) groups is 1. The Labute approximate surface area is 190 Å². The van der Waals surface area contributed by atoms with Crippen molar-refractivity contribution in [1.82, 2.24) is 19.7 Å². The van der Waals surface area contributed by atoms with Crippen molar-refractivity contribution >= 4 is 23.4 Å². The minimum Gasteiger partial charge on any atom is -0.448 e. The van der Waals surface area contributed by atoms with E-state index in [-0.39, 0.29) is 11.7 Å². The second-order valence-corrected chi connectivity index (χ2v) is 8.90. The zero-order valence-electron chi connectivity index (χ0n) is 17.9. The van der Waals surface area contributed by atoms with Gasteiger partial charge in [0.1, 0.15) is 0 Å². The van der Waals surface area contributed by atoms with Crippen molar-refractivity contribution in [2.75, 3.05) is 11.1 Å². The van der Waals surface area contributed by atoms with Crippen LogP contribution in [0.1, 0.15) is 39.0 Å². The molecule has 2 aliphatic rings. The Bertz CT molecular complexity index is 1110. The summed E-state index contributed by atoms with van der Waals surface area (Å²) in [6.07, 6.45) is 8.70. The number of benzene rings is 1. The highest BCUT2D eigenvalue weighted by Crippen LogP contribution is 2.46. The van der Waals surface area contributed by atoms with Crippen molar-refractivity contribution in [3.63, 3.8) is 0 Å². The highest BCUT2D eigenvalue weighted by molar-refractivity contribution is 7.99. The summed E-state index contributed by atoms with van der Waals surface area (Å²) in [5.41, 5.74) is 1.64. The first kappa shape index (κ1) is 20.8. The SMILES string of the molecule is CCn1c(SCC(=O)Nc2ccc3c(c2)OC2(CCCCC2)O3)nnc1-c1ccncc1. The van der Waals surface area contributed by atoms with E-state index in [1.165, 1.54) is 18.2 Å². The molecule has 1 fully saturated rings. The van der Waals surface area contributed by atoms with E-state index >= 15 is 0 Å². The molecule has 166 valence electrons. The van der Waals surface area contributed by atoms with E-state index in [0.717, 1.165) is 42.8 Å². The zero-order valence-corrected chi connectivity index (χ0v) is 18.7. The number of aromatic nitrogens is 4. The van der Waals surface area contributed by atoms with Gasteiger partial charge in [-0.25, -0.2) is 0 Å². The summed E-state index contributed by atoms with van der Waals surface area (Å²) in [5.74, 6) is 1.81. The topological polar surface area (TPSA) is 91.2 Å². The number of hydrogen-bond donors (Lipinski definition) is 1. The van der Waals surface area contributed by atoms with Crippen LogP contribution in [-0.4, -0.2) is 37.2 Å². The Balaban J connectivity index is 1.21. The molecule has 9 heteroatoms. The summed E-state index contributed by atoms with van der Waals surface area (Å²) < 4.78 is 14.3. The molecule has 1 aliphatic heterocycles. The first-order valence-electron chi connectivity index (χ1n) is 10.9. The third kappa shape index (κ3) is 4.17. The molecule has 0 saturated heterocycles. The summed E-state index contributed by atoms with van der Waals surface area (Å²) in [6.45, 7) is 2.74. The summed E-state index contributed by atoms with van der Waals surface area (Å²) in [5, 5.41) is 12.2. The molecule has 1 amide bonds. The molecule has 0 radical (unpaired) electrons.